The van der Waals surface area contributed by atoms with Crippen LogP contribution in [0.4, 0.5) is 0 Å². The van der Waals surface area contributed by atoms with E-state index in [1.807, 2.05) is 36.9 Å². The van der Waals surface area contributed by atoms with Gasteiger partial charge in [-0.3, -0.25) is 4.68 Å². The molecule has 6 nitrogen and oxygen atoms in total. The first-order chi connectivity index (χ1) is 13.1. The number of aliphatic imine (C=N–C) groups is 1. The van der Waals surface area contributed by atoms with Gasteiger partial charge < -0.3 is 10.6 Å². The lowest BCUT2D eigenvalue weighted by Gasteiger charge is -2.10. The summed E-state index contributed by atoms with van der Waals surface area (Å²) in [7, 11) is 1.96. The summed E-state index contributed by atoms with van der Waals surface area (Å²) in [6, 6.07) is 10.3. The van der Waals surface area contributed by atoms with E-state index >= 15 is 0 Å². The summed E-state index contributed by atoms with van der Waals surface area (Å²) in [6.45, 7) is 8.22. The molecule has 0 radical (unpaired) electrons. The Balaban J connectivity index is 1.65. The molecule has 3 rings (SSSR count). The SMILES string of the molecule is CCNC(=NCc1c(C)nn(C)c1C)NCc1csc(-c2ccccc2)n1. The zero-order valence-corrected chi connectivity index (χ0v) is 17.1. The predicted octanol–water partition coefficient (Wildman–Crippen LogP) is 3.42. The van der Waals surface area contributed by atoms with Gasteiger partial charge in [-0.05, 0) is 20.8 Å². The van der Waals surface area contributed by atoms with Crippen molar-refractivity contribution in [1.82, 2.24) is 25.4 Å². The van der Waals surface area contributed by atoms with Crippen LogP contribution in [0.5, 0.6) is 0 Å². The van der Waals surface area contributed by atoms with Crippen LogP contribution >= 0.6 is 11.3 Å². The molecule has 0 amide bonds. The molecule has 0 spiro atoms. The number of hydrogen-bond donors (Lipinski definition) is 2. The highest BCUT2D eigenvalue weighted by atomic mass is 32.1. The Labute approximate surface area is 164 Å². The molecule has 2 N–H and O–H groups in total. The van der Waals surface area contributed by atoms with E-state index in [-0.39, 0.29) is 0 Å². The quantitative estimate of drug-likeness (QED) is 0.506. The van der Waals surface area contributed by atoms with Gasteiger partial charge in [-0.15, -0.1) is 11.3 Å². The number of aryl methyl sites for hydroxylation is 2. The van der Waals surface area contributed by atoms with Crippen LogP contribution < -0.4 is 10.6 Å². The summed E-state index contributed by atoms with van der Waals surface area (Å²) in [5.41, 5.74) is 5.52. The molecule has 27 heavy (non-hydrogen) atoms. The van der Waals surface area contributed by atoms with Gasteiger partial charge in [0.25, 0.3) is 0 Å². The van der Waals surface area contributed by atoms with E-state index in [0.717, 1.165) is 40.2 Å². The van der Waals surface area contributed by atoms with Crippen LogP contribution in [-0.2, 0) is 20.1 Å². The van der Waals surface area contributed by atoms with Crippen molar-refractivity contribution in [2.45, 2.75) is 33.9 Å². The van der Waals surface area contributed by atoms with Crippen molar-refractivity contribution < 1.29 is 0 Å². The molecule has 7 heteroatoms. The Morgan fingerprint density at radius 2 is 1.96 bits per heavy atom. The highest BCUT2D eigenvalue weighted by Gasteiger charge is 2.09. The minimum absolute atomic E-state index is 0.604. The van der Waals surface area contributed by atoms with Gasteiger partial charge in [0.05, 0.1) is 24.5 Å². The largest absolute Gasteiger partial charge is 0.357 e. The molecule has 142 valence electrons. The van der Waals surface area contributed by atoms with E-state index in [1.54, 1.807) is 11.3 Å². The minimum atomic E-state index is 0.604. The summed E-state index contributed by atoms with van der Waals surface area (Å²) >= 11 is 1.66. The van der Waals surface area contributed by atoms with Crippen LogP contribution in [0, 0.1) is 13.8 Å². The van der Waals surface area contributed by atoms with Gasteiger partial charge in [-0.25, -0.2) is 9.98 Å². The number of hydrogen-bond acceptors (Lipinski definition) is 4. The number of thiazole rings is 1. The van der Waals surface area contributed by atoms with Gasteiger partial charge in [-0.1, -0.05) is 30.3 Å². The fourth-order valence-electron chi connectivity index (χ4n) is 2.82. The van der Waals surface area contributed by atoms with Crippen molar-refractivity contribution in [1.29, 1.82) is 0 Å². The average Bonchev–Trinajstić information content (AvgIpc) is 3.24. The number of benzene rings is 1. The second kappa shape index (κ2) is 8.81. The van der Waals surface area contributed by atoms with Gasteiger partial charge in [0.2, 0.25) is 0 Å². The maximum absolute atomic E-state index is 4.72. The molecule has 2 aromatic heterocycles. The number of rotatable bonds is 6. The lowest BCUT2D eigenvalue weighted by molar-refractivity contribution is 0.730. The molecule has 0 saturated heterocycles. The van der Waals surface area contributed by atoms with E-state index in [2.05, 4.69) is 47.1 Å². The normalized spacial score (nSPS) is 11.6. The van der Waals surface area contributed by atoms with Crippen molar-refractivity contribution in [3.63, 3.8) is 0 Å². The minimum Gasteiger partial charge on any atom is -0.357 e. The monoisotopic (exact) mass is 382 g/mol. The maximum Gasteiger partial charge on any atom is 0.191 e. The Morgan fingerprint density at radius 3 is 2.63 bits per heavy atom. The molecule has 0 aliphatic carbocycles. The second-order valence-electron chi connectivity index (χ2n) is 6.33. The molecule has 1 aromatic carbocycles. The second-order valence-corrected chi connectivity index (χ2v) is 7.19. The highest BCUT2D eigenvalue weighted by Crippen LogP contribution is 2.23. The van der Waals surface area contributed by atoms with E-state index in [4.69, 9.17) is 9.98 Å². The van der Waals surface area contributed by atoms with Crippen LogP contribution in [0.2, 0.25) is 0 Å². The van der Waals surface area contributed by atoms with Crippen molar-refractivity contribution in [3.05, 3.63) is 58.4 Å². The number of nitrogens with one attached hydrogen (secondary N) is 2. The topological polar surface area (TPSA) is 67.1 Å². The fourth-order valence-corrected chi connectivity index (χ4v) is 3.65. The van der Waals surface area contributed by atoms with Crippen molar-refractivity contribution in [2.75, 3.05) is 6.54 Å². The number of nitrogens with zero attached hydrogens (tertiary/aromatic N) is 4. The summed E-state index contributed by atoms with van der Waals surface area (Å²) in [4.78, 5) is 9.44. The van der Waals surface area contributed by atoms with Crippen LogP contribution in [0.25, 0.3) is 10.6 Å². The van der Waals surface area contributed by atoms with E-state index in [0.29, 0.717) is 13.1 Å². The molecule has 2 heterocycles. The molecule has 0 bridgehead atoms. The molecule has 0 unspecified atom stereocenters. The molecule has 0 atom stereocenters. The Kier molecular flexibility index (Phi) is 6.24. The summed E-state index contributed by atoms with van der Waals surface area (Å²) < 4.78 is 1.90. The lowest BCUT2D eigenvalue weighted by atomic mass is 10.2. The third-order valence-corrected chi connectivity index (χ3v) is 5.35. The Hall–Kier alpha value is -2.67. The van der Waals surface area contributed by atoms with Crippen molar-refractivity contribution >= 4 is 17.3 Å². The first-order valence-corrected chi connectivity index (χ1v) is 9.97. The van der Waals surface area contributed by atoms with Crippen molar-refractivity contribution in [2.24, 2.45) is 12.0 Å². The molecule has 0 aliphatic rings. The third-order valence-electron chi connectivity index (χ3n) is 4.41. The zero-order chi connectivity index (χ0) is 19.2. The Bertz CT molecular complexity index is 910. The first-order valence-electron chi connectivity index (χ1n) is 9.09. The van der Waals surface area contributed by atoms with Gasteiger partial charge in [0, 0.05) is 35.8 Å². The number of guanidine groups is 1. The molecule has 0 aliphatic heterocycles. The van der Waals surface area contributed by atoms with Gasteiger partial charge in [0.1, 0.15) is 5.01 Å². The Morgan fingerprint density at radius 1 is 1.19 bits per heavy atom. The zero-order valence-electron chi connectivity index (χ0n) is 16.3. The summed E-state index contributed by atoms with van der Waals surface area (Å²) in [6.07, 6.45) is 0. The molecule has 0 saturated carbocycles. The van der Waals surface area contributed by atoms with Crippen LogP contribution in [0.1, 0.15) is 29.6 Å². The molecular weight excluding hydrogens is 356 g/mol. The first kappa shape index (κ1) is 19.1. The van der Waals surface area contributed by atoms with Crippen LogP contribution in [0.3, 0.4) is 0 Å². The van der Waals surface area contributed by atoms with Crippen molar-refractivity contribution in [3.8, 4) is 10.6 Å². The molecular formula is C20H26N6S. The lowest BCUT2D eigenvalue weighted by Crippen LogP contribution is -2.36. The molecule has 3 aromatic rings. The summed E-state index contributed by atoms with van der Waals surface area (Å²) in [5, 5.41) is 14.3. The maximum atomic E-state index is 4.72. The third kappa shape index (κ3) is 4.74. The fraction of sp³-hybridized carbons (Fsp3) is 0.350. The van der Waals surface area contributed by atoms with Gasteiger partial charge in [-0.2, -0.15) is 5.10 Å². The van der Waals surface area contributed by atoms with E-state index in [1.165, 1.54) is 5.56 Å². The van der Waals surface area contributed by atoms with Crippen LogP contribution in [0.15, 0.2) is 40.7 Å². The standard InChI is InChI=1S/C20H26N6S/c1-5-21-20(23-12-18-14(2)25-26(4)15(18)3)22-11-17-13-27-19(24-17)16-9-7-6-8-10-16/h6-10,13H,5,11-12H2,1-4H3,(H2,21,22,23). The smallest absolute Gasteiger partial charge is 0.191 e. The molecule has 0 fully saturated rings. The van der Waals surface area contributed by atoms with Crippen LogP contribution in [-0.4, -0.2) is 27.3 Å². The highest BCUT2D eigenvalue weighted by molar-refractivity contribution is 7.13. The number of aromatic nitrogens is 3. The van der Waals surface area contributed by atoms with Gasteiger partial charge >= 0.3 is 0 Å². The van der Waals surface area contributed by atoms with E-state index in [9.17, 15) is 0 Å². The van der Waals surface area contributed by atoms with E-state index < -0.39 is 0 Å². The average molecular weight is 383 g/mol. The van der Waals surface area contributed by atoms with Gasteiger partial charge in [0.15, 0.2) is 5.96 Å². The summed E-state index contributed by atoms with van der Waals surface area (Å²) in [5.74, 6) is 0.786. The predicted molar refractivity (Wildman–Crippen MR) is 112 cm³/mol.